The fraction of sp³-hybridized carbons (Fsp3) is 0.500. The highest BCUT2D eigenvalue weighted by atomic mass is 19.1. The summed E-state index contributed by atoms with van der Waals surface area (Å²) in [5, 5.41) is 2.26. The minimum absolute atomic E-state index is 0.257. The van der Waals surface area contributed by atoms with Gasteiger partial charge in [-0.1, -0.05) is 77.3 Å². The molecule has 0 unspecified atom stereocenters. The molecule has 0 N–H and O–H groups in total. The number of benzene rings is 3. The Labute approximate surface area is 190 Å². The number of rotatable bonds is 14. The standard InChI is InChI=1S/C28H36F2O2/c1-3-5-7-9-10-12-20-32-26-18-16-22-21-15-17-25(31-19-11-8-6-4-2)27(29)23(21)13-14-24(22)28(26)30/h13-18H,3-12,19-20H2,1-2H3. The Balaban J connectivity index is 1.70. The smallest absolute Gasteiger partial charge is 0.172 e. The van der Waals surface area contributed by atoms with Crippen molar-refractivity contribution < 1.29 is 18.3 Å². The third-order valence-corrected chi connectivity index (χ3v) is 6.01. The van der Waals surface area contributed by atoms with E-state index in [1.807, 2.05) is 12.1 Å². The molecule has 0 bridgehead atoms. The lowest BCUT2D eigenvalue weighted by Crippen LogP contribution is -2.01. The van der Waals surface area contributed by atoms with Gasteiger partial charge in [-0.3, -0.25) is 0 Å². The minimum atomic E-state index is -0.385. The van der Waals surface area contributed by atoms with Crippen LogP contribution in [0, 0.1) is 11.6 Å². The fourth-order valence-corrected chi connectivity index (χ4v) is 4.11. The fourth-order valence-electron chi connectivity index (χ4n) is 4.11. The lowest BCUT2D eigenvalue weighted by atomic mass is 10.0. The summed E-state index contributed by atoms with van der Waals surface area (Å²) in [5.74, 6) is -0.249. The van der Waals surface area contributed by atoms with Crippen molar-refractivity contribution >= 4 is 21.5 Å². The molecule has 32 heavy (non-hydrogen) atoms. The zero-order valence-electron chi connectivity index (χ0n) is 19.5. The molecule has 2 nitrogen and oxygen atoms in total. The predicted molar refractivity (Wildman–Crippen MR) is 130 cm³/mol. The van der Waals surface area contributed by atoms with Crippen molar-refractivity contribution in [2.45, 2.75) is 78.1 Å². The maximum Gasteiger partial charge on any atom is 0.172 e. The van der Waals surface area contributed by atoms with Gasteiger partial charge in [-0.25, -0.2) is 8.78 Å². The zero-order chi connectivity index (χ0) is 22.8. The molecular formula is C28H36F2O2. The van der Waals surface area contributed by atoms with Crippen LogP contribution in [0.15, 0.2) is 36.4 Å². The van der Waals surface area contributed by atoms with Gasteiger partial charge in [-0.2, -0.15) is 0 Å². The van der Waals surface area contributed by atoms with Gasteiger partial charge in [-0.05, 0) is 47.9 Å². The van der Waals surface area contributed by atoms with Gasteiger partial charge in [0.1, 0.15) is 0 Å². The van der Waals surface area contributed by atoms with Crippen LogP contribution in [0.2, 0.25) is 0 Å². The summed E-state index contributed by atoms with van der Waals surface area (Å²) in [6, 6.07) is 10.2. The zero-order valence-corrected chi connectivity index (χ0v) is 19.5. The van der Waals surface area contributed by atoms with Gasteiger partial charge in [0.25, 0.3) is 0 Å². The van der Waals surface area contributed by atoms with Crippen LogP contribution < -0.4 is 9.47 Å². The highest BCUT2D eigenvalue weighted by molar-refractivity contribution is 6.08. The largest absolute Gasteiger partial charge is 0.490 e. The molecular weight excluding hydrogens is 406 g/mol. The Kier molecular flexibility index (Phi) is 9.58. The van der Waals surface area contributed by atoms with Crippen molar-refractivity contribution in [1.82, 2.24) is 0 Å². The Morgan fingerprint density at radius 3 is 1.34 bits per heavy atom. The highest BCUT2D eigenvalue weighted by Gasteiger charge is 2.15. The van der Waals surface area contributed by atoms with Crippen molar-refractivity contribution in [2.24, 2.45) is 0 Å². The topological polar surface area (TPSA) is 18.5 Å². The molecule has 0 atom stereocenters. The molecule has 174 valence electrons. The van der Waals surface area contributed by atoms with Crippen molar-refractivity contribution in [3.05, 3.63) is 48.0 Å². The molecule has 3 aromatic rings. The molecule has 0 saturated heterocycles. The van der Waals surface area contributed by atoms with E-state index in [1.165, 1.54) is 25.7 Å². The molecule has 0 fully saturated rings. The molecule has 3 rings (SSSR count). The summed E-state index contributed by atoms with van der Waals surface area (Å²) in [6.07, 6.45) is 11.3. The van der Waals surface area contributed by atoms with Crippen LogP contribution in [0.5, 0.6) is 11.5 Å². The normalized spacial score (nSPS) is 11.4. The maximum atomic E-state index is 15.1. The van der Waals surface area contributed by atoms with Crippen molar-refractivity contribution in [2.75, 3.05) is 13.2 Å². The Morgan fingerprint density at radius 1 is 0.500 bits per heavy atom. The number of unbranched alkanes of at least 4 members (excludes halogenated alkanes) is 8. The SMILES string of the molecule is CCCCCCCCOc1ccc2c(ccc3c(F)c(OCCCCCC)ccc32)c1F. The molecule has 0 aliphatic rings. The second-order valence-corrected chi connectivity index (χ2v) is 8.54. The second kappa shape index (κ2) is 12.6. The number of ether oxygens (including phenoxy) is 2. The number of halogens is 2. The third kappa shape index (κ3) is 6.11. The lowest BCUT2D eigenvalue weighted by Gasteiger charge is -2.13. The summed E-state index contributed by atoms with van der Waals surface area (Å²) in [7, 11) is 0. The molecule has 0 radical (unpaired) electrons. The number of hydrogen-bond donors (Lipinski definition) is 0. The van der Waals surface area contributed by atoms with E-state index in [1.54, 1.807) is 24.3 Å². The van der Waals surface area contributed by atoms with Gasteiger partial charge in [0.2, 0.25) is 0 Å². The minimum Gasteiger partial charge on any atom is -0.490 e. The van der Waals surface area contributed by atoms with Crippen molar-refractivity contribution in [3.8, 4) is 11.5 Å². The average molecular weight is 443 g/mol. The molecule has 0 aromatic heterocycles. The monoisotopic (exact) mass is 442 g/mol. The molecule has 0 aliphatic heterocycles. The Bertz CT molecular complexity index is 1000. The van der Waals surface area contributed by atoms with Crippen LogP contribution in [0.1, 0.15) is 78.1 Å². The maximum absolute atomic E-state index is 15.1. The Morgan fingerprint density at radius 2 is 0.875 bits per heavy atom. The van der Waals surface area contributed by atoms with E-state index < -0.39 is 0 Å². The Hall–Kier alpha value is -2.36. The molecule has 0 aliphatic carbocycles. The van der Waals surface area contributed by atoms with Gasteiger partial charge >= 0.3 is 0 Å². The number of fused-ring (bicyclic) bond motifs is 3. The highest BCUT2D eigenvalue weighted by Crippen LogP contribution is 2.35. The van der Waals surface area contributed by atoms with Crippen LogP contribution in [0.3, 0.4) is 0 Å². The molecule has 4 heteroatoms. The lowest BCUT2D eigenvalue weighted by molar-refractivity contribution is 0.291. The quantitative estimate of drug-likeness (QED) is 0.183. The summed E-state index contributed by atoms with van der Waals surface area (Å²) in [6.45, 7) is 5.37. The summed E-state index contributed by atoms with van der Waals surface area (Å²) >= 11 is 0. The third-order valence-electron chi connectivity index (χ3n) is 6.01. The van der Waals surface area contributed by atoms with E-state index in [0.717, 1.165) is 38.5 Å². The first-order valence-corrected chi connectivity index (χ1v) is 12.3. The van der Waals surface area contributed by atoms with Crippen molar-refractivity contribution in [3.63, 3.8) is 0 Å². The van der Waals surface area contributed by atoms with E-state index in [0.29, 0.717) is 34.8 Å². The van der Waals surface area contributed by atoms with Crippen LogP contribution in [-0.4, -0.2) is 13.2 Å². The van der Waals surface area contributed by atoms with E-state index in [9.17, 15) is 0 Å². The van der Waals surface area contributed by atoms with Crippen LogP contribution in [0.25, 0.3) is 21.5 Å². The van der Waals surface area contributed by atoms with Gasteiger partial charge in [0.05, 0.1) is 13.2 Å². The van der Waals surface area contributed by atoms with E-state index in [-0.39, 0.29) is 23.1 Å². The molecule has 0 spiro atoms. The van der Waals surface area contributed by atoms with Crippen LogP contribution in [-0.2, 0) is 0 Å². The van der Waals surface area contributed by atoms with Crippen LogP contribution >= 0.6 is 0 Å². The first-order valence-electron chi connectivity index (χ1n) is 12.3. The van der Waals surface area contributed by atoms with E-state index in [2.05, 4.69) is 13.8 Å². The summed E-state index contributed by atoms with van der Waals surface area (Å²) in [5.41, 5.74) is 0. The van der Waals surface area contributed by atoms with E-state index in [4.69, 9.17) is 9.47 Å². The predicted octanol–water partition coefficient (Wildman–Crippen LogP) is 8.97. The molecule has 3 aromatic carbocycles. The molecule has 0 amide bonds. The first kappa shape index (κ1) is 24.3. The number of hydrogen-bond acceptors (Lipinski definition) is 2. The molecule has 0 saturated carbocycles. The summed E-state index contributed by atoms with van der Waals surface area (Å²) < 4.78 is 41.5. The van der Waals surface area contributed by atoms with Gasteiger partial charge in [-0.15, -0.1) is 0 Å². The van der Waals surface area contributed by atoms with Gasteiger partial charge < -0.3 is 9.47 Å². The van der Waals surface area contributed by atoms with Gasteiger partial charge in [0.15, 0.2) is 23.1 Å². The molecule has 0 heterocycles. The van der Waals surface area contributed by atoms with E-state index >= 15 is 8.78 Å². The first-order chi connectivity index (χ1) is 15.7. The second-order valence-electron chi connectivity index (χ2n) is 8.54. The van der Waals surface area contributed by atoms with Crippen LogP contribution in [0.4, 0.5) is 8.78 Å². The summed E-state index contributed by atoms with van der Waals surface area (Å²) in [4.78, 5) is 0. The average Bonchev–Trinajstić information content (AvgIpc) is 2.80. The van der Waals surface area contributed by atoms with Crippen molar-refractivity contribution in [1.29, 1.82) is 0 Å². The van der Waals surface area contributed by atoms with Gasteiger partial charge in [0, 0.05) is 10.8 Å².